The van der Waals surface area contributed by atoms with Crippen LogP contribution in [-0.4, -0.2) is 16.5 Å². The quantitative estimate of drug-likeness (QED) is 0.455. The Hall–Kier alpha value is -2.45. The van der Waals surface area contributed by atoms with Crippen LogP contribution in [0.4, 0.5) is 5.69 Å². The Morgan fingerprint density at radius 2 is 1.85 bits per heavy atom. The maximum Gasteiger partial charge on any atom is 0.187 e. The van der Waals surface area contributed by atoms with Crippen molar-refractivity contribution in [1.29, 1.82) is 0 Å². The molecule has 1 saturated carbocycles. The third kappa shape index (κ3) is 4.15. The number of benzene rings is 2. The standard InChI is InChI=1S/C28H33N3OS/c1-26(2,3)21-10-12-27(13-11-21)18-28(14-15-33-25(29)31-28)23-17-20(8-9-24(23)32-27)19-6-5-7-22(16-19)30-4/h5-9,16-17,21H,10-15,18H2,1-3H3,(H2,29,31). The summed E-state index contributed by atoms with van der Waals surface area (Å²) in [5.74, 6) is 2.67. The number of rotatable bonds is 1. The van der Waals surface area contributed by atoms with Crippen LogP contribution in [0.1, 0.15) is 64.9 Å². The number of amidine groups is 1. The van der Waals surface area contributed by atoms with Crippen molar-refractivity contribution in [3.63, 3.8) is 0 Å². The van der Waals surface area contributed by atoms with Gasteiger partial charge in [-0.15, -0.1) is 0 Å². The van der Waals surface area contributed by atoms with Gasteiger partial charge in [0.2, 0.25) is 0 Å². The molecule has 2 spiro atoms. The third-order valence-electron chi connectivity index (χ3n) is 7.94. The van der Waals surface area contributed by atoms with E-state index in [1.165, 1.54) is 12.8 Å². The molecule has 2 aliphatic heterocycles. The number of fused-ring (bicyclic) bond motifs is 2. The van der Waals surface area contributed by atoms with Gasteiger partial charge in [0.25, 0.3) is 0 Å². The molecule has 0 bridgehead atoms. The Balaban J connectivity index is 1.56. The van der Waals surface area contributed by atoms with E-state index in [1.54, 1.807) is 11.8 Å². The Kier molecular flexibility index (Phi) is 5.48. The van der Waals surface area contributed by atoms with Crippen LogP contribution in [0.5, 0.6) is 5.75 Å². The van der Waals surface area contributed by atoms with E-state index < -0.39 is 0 Å². The second-order valence-electron chi connectivity index (χ2n) is 11.1. The molecule has 0 radical (unpaired) electrons. The topological polar surface area (TPSA) is 52.0 Å². The van der Waals surface area contributed by atoms with Crippen molar-refractivity contribution >= 4 is 22.6 Å². The lowest BCUT2D eigenvalue weighted by atomic mass is 9.64. The van der Waals surface area contributed by atoms with Crippen LogP contribution >= 0.6 is 11.8 Å². The van der Waals surface area contributed by atoms with Gasteiger partial charge >= 0.3 is 0 Å². The average molecular weight is 460 g/mol. The average Bonchev–Trinajstić information content (AvgIpc) is 2.78. The van der Waals surface area contributed by atoms with Gasteiger partial charge in [0.05, 0.1) is 12.1 Å². The first-order chi connectivity index (χ1) is 15.7. The number of ether oxygens (including phenoxy) is 1. The molecule has 5 rings (SSSR count). The molecule has 2 heterocycles. The monoisotopic (exact) mass is 459 g/mol. The number of aliphatic imine (C=N–C) groups is 1. The summed E-state index contributed by atoms with van der Waals surface area (Å²) in [6, 6.07) is 14.3. The minimum atomic E-state index is -0.328. The van der Waals surface area contributed by atoms with Gasteiger partial charge < -0.3 is 10.5 Å². The molecule has 172 valence electrons. The summed E-state index contributed by atoms with van der Waals surface area (Å²) >= 11 is 1.66. The Morgan fingerprint density at radius 1 is 1.09 bits per heavy atom. The fourth-order valence-corrected chi connectivity index (χ4v) is 6.94. The molecule has 1 unspecified atom stereocenters. The summed E-state index contributed by atoms with van der Waals surface area (Å²) < 4.78 is 6.85. The first-order valence-corrected chi connectivity index (χ1v) is 13.0. The van der Waals surface area contributed by atoms with Crippen molar-refractivity contribution in [2.45, 2.75) is 70.4 Å². The van der Waals surface area contributed by atoms with Gasteiger partial charge in [-0.3, -0.25) is 4.99 Å². The molecular weight excluding hydrogens is 426 g/mol. The van der Waals surface area contributed by atoms with Crippen LogP contribution in [-0.2, 0) is 5.54 Å². The van der Waals surface area contributed by atoms with E-state index in [9.17, 15) is 0 Å². The van der Waals surface area contributed by atoms with E-state index >= 15 is 0 Å². The fraction of sp³-hybridized carbons (Fsp3) is 0.500. The number of nitrogens with two attached hydrogens (primary N) is 1. The molecule has 5 heteroatoms. The summed E-state index contributed by atoms with van der Waals surface area (Å²) in [4.78, 5) is 8.73. The molecule has 0 aromatic heterocycles. The van der Waals surface area contributed by atoms with E-state index in [1.807, 2.05) is 18.2 Å². The number of nitrogens with zero attached hydrogens (tertiary/aromatic N) is 2. The van der Waals surface area contributed by atoms with E-state index in [0.29, 0.717) is 16.3 Å². The summed E-state index contributed by atoms with van der Waals surface area (Å²) in [6.07, 6.45) is 6.43. The van der Waals surface area contributed by atoms with Crippen molar-refractivity contribution in [2.24, 2.45) is 22.1 Å². The zero-order chi connectivity index (χ0) is 23.3. The third-order valence-corrected chi connectivity index (χ3v) is 8.74. The molecule has 1 fully saturated rings. The molecule has 4 nitrogen and oxygen atoms in total. The number of hydrogen-bond acceptors (Lipinski definition) is 4. The van der Waals surface area contributed by atoms with Crippen LogP contribution in [0.2, 0.25) is 0 Å². The van der Waals surface area contributed by atoms with Crippen molar-refractivity contribution in [1.82, 2.24) is 0 Å². The van der Waals surface area contributed by atoms with Crippen molar-refractivity contribution in [3.05, 3.63) is 59.4 Å². The maximum absolute atomic E-state index is 7.37. The fourth-order valence-electron chi connectivity index (χ4n) is 6.05. The van der Waals surface area contributed by atoms with Gasteiger partial charge in [-0.05, 0) is 72.8 Å². The molecule has 2 N–H and O–H groups in total. The van der Waals surface area contributed by atoms with Crippen molar-refractivity contribution in [3.8, 4) is 16.9 Å². The molecule has 0 amide bonds. The summed E-state index contributed by atoms with van der Waals surface area (Å²) in [6.45, 7) is 14.5. The lowest BCUT2D eigenvalue weighted by molar-refractivity contribution is -0.0414. The van der Waals surface area contributed by atoms with Gasteiger partial charge in [-0.1, -0.05) is 56.8 Å². The van der Waals surface area contributed by atoms with Crippen LogP contribution in [0.15, 0.2) is 47.5 Å². The van der Waals surface area contributed by atoms with Crippen LogP contribution in [0, 0.1) is 17.9 Å². The highest BCUT2D eigenvalue weighted by atomic mass is 32.2. The maximum atomic E-state index is 7.37. The van der Waals surface area contributed by atoms with Crippen LogP contribution in [0.3, 0.4) is 0 Å². The molecule has 2 aromatic carbocycles. The largest absolute Gasteiger partial charge is 0.487 e. The molecule has 33 heavy (non-hydrogen) atoms. The number of thioether (sulfide) groups is 1. The number of hydrogen-bond donors (Lipinski definition) is 1. The lowest BCUT2D eigenvalue weighted by Gasteiger charge is -2.52. The molecule has 0 saturated heterocycles. The Labute approximate surface area is 201 Å². The van der Waals surface area contributed by atoms with E-state index in [-0.39, 0.29) is 11.1 Å². The first kappa shape index (κ1) is 22.3. The van der Waals surface area contributed by atoms with Crippen LogP contribution < -0.4 is 10.5 Å². The SMILES string of the molecule is [C-]#[N+]c1cccc(-c2ccc3c(c2)C2(CCSC(N)=N2)CC2(CCC(C(C)(C)C)CC2)O3)c1. The predicted molar refractivity (Wildman–Crippen MR) is 138 cm³/mol. The minimum absolute atomic E-state index is 0.161. The normalized spacial score (nSPS) is 29.2. The van der Waals surface area contributed by atoms with E-state index in [0.717, 1.165) is 59.8 Å². The summed E-state index contributed by atoms with van der Waals surface area (Å²) in [5.41, 5.74) is 10.1. The van der Waals surface area contributed by atoms with Gasteiger partial charge in [0.15, 0.2) is 10.9 Å². The van der Waals surface area contributed by atoms with Gasteiger partial charge in [0, 0.05) is 17.7 Å². The second kappa shape index (κ2) is 8.09. The highest BCUT2D eigenvalue weighted by Crippen LogP contribution is 2.56. The minimum Gasteiger partial charge on any atom is -0.487 e. The summed E-state index contributed by atoms with van der Waals surface area (Å²) in [7, 11) is 0. The molecular formula is C28H33N3OS. The molecule has 1 atom stereocenters. The zero-order valence-corrected chi connectivity index (χ0v) is 20.7. The highest BCUT2D eigenvalue weighted by molar-refractivity contribution is 8.13. The molecule has 1 aliphatic carbocycles. The van der Waals surface area contributed by atoms with E-state index in [4.69, 9.17) is 22.0 Å². The highest BCUT2D eigenvalue weighted by Gasteiger charge is 2.52. The predicted octanol–water partition coefficient (Wildman–Crippen LogP) is 7.31. The van der Waals surface area contributed by atoms with Gasteiger partial charge in [-0.2, -0.15) is 0 Å². The zero-order valence-electron chi connectivity index (χ0n) is 19.9. The first-order valence-electron chi connectivity index (χ1n) is 12.0. The smallest absolute Gasteiger partial charge is 0.187 e. The van der Waals surface area contributed by atoms with Crippen LogP contribution in [0.25, 0.3) is 16.0 Å². The van der Waals surface area contributed by atoms with Gasteiger partial charge in [-0.25, -0.2) is 4.85 Å². The van der Waals surface area contributed by atoms with E-state index in [2.05, 4.69) is 49.9 Å². The Morgan fingerprint density at radius 3 is 2.55 bits per heavy atom. The summed E-state index contributed by atoms with van der Waals surface area (Å²) in [5, 5.41) is 0.688. The second-order valence-corrected chi connectivity index (χ2v) is 12.2. The molecule has 2 aromatic rings. The molecule has 3 aliphatic rings. The van der Waals surface area contributed by atoms with Crippen molar-refractivity contribution < 1.29 is 4.74 Å². The Bertz CT molecular complexity index is 1130. The van der Waals surface area contributed by atoms with Gasteiger partial charge in [0.1, 0.15) is 11.4 Å². The lowest BCUT2D eigenvalue weighted by Crippen LogP contribution is -2.51. The van der Waals surface area contributed by atoms with Crippen molar-refractivity contribution in [2.75, 3.05) is 5.75 Å².